The van der Waals surface area contributed by atoms with Crippen LogP contribution in [0.1, 0.15) is 38.2 Å². The van der Waals surface area contributed by atoms with Gasteiger partial charge in [0.2, 0.25) is 0 Å². The molecule has 31 heavy (non-hydrogen) atoms. The topological polar surface area (TPSA) is 72.8 Å². The van der Waals surface area contributed by atoms with Gasteiger partial charge in [-0.2, -0.15) is 24.8 Å². The van der Waals surface area contributed by atoms with Crippen molar-refractivity contribution in [2.75, 3.05) is 20.0 Å². The molecule has 0 fully saturated rings. The SMILES string of the molecule is COB(I)SCC(C)(C)CC/C=C/C(=O)OC.O=C(O)C(c1ccccc1)C(F)(F)F. The summed E-state index contributed by atoms with van der Waals surface area (Å²) in [6, 6.07) is 6.56. The fraction of sp³-hybridized carbons (Fsp3) is 0.500. The fourth-order valence-corrected chi connectivity index (χ4v) is 3.67. The number of alkyl halides is 3. The molecule has 174 valence electrons. The van der Waals surface area contributed by atoms with Crippen LogP contribution in [0.15, 0.2) is 42.5 Å². The van der Waals surface area contributed by atoms with Crippen LogP contribution in [0.3, 0.4) is 0 Å². The van der Waals surface area contributed by atoms with E-state index < -0.39 is 18.1 Å². The smallest absolute Gasteiger partial charge is 0.434 e. The lowest BCUT2D eigenvalue weighted by molar-refractivity contribution is -0.176. The highest BCUT2D eigenvalue weighted by atomic mass is 127. The van der Waals surface area contributed by atoms with Crippen molar-refractivity contribution in [1.82, 2.24) is 0 Å². The standard InChI is InChI=1S/C11H20BIO3S.C9H7F3O2/c1-11(2,9-17-12(13)16-4)8-6-5-7-10(14)15-3;10-9(11,12)7(8(13)14)6-4-2-1-3-5-6/h5,7H,6,8-9H2,1-4H3;1-5,7H,(H,13,14)/b7-5+;. The maximum absolute atomic E-state index is 12.3. The molecule has 1 aromatic rings. The van der Waals surface area contributed by atoms with Crippen LogP contribution in [0, 0.1) is 5.41 Å². The molecule has 5 nitrogen and oxygen atoms in total. The molecule has 0 radical (unpaired) electrons. The third-order valence-electron chi connectivity index (χ3n) is 3.94. The highest BCUT2D eigenvalue weighted by molar-refractivity contribution is 14.1. The van der Waals surface area contributed by atoms with Gasteiger partial charge >= 0.3 is 22.2 Å². The number of carbonyl (C=O) groups excluding carboxylic acids is 1. The number of hydrogen-bond donors (Lipinski definition) is 1. The number of hydrogen-bond acceptors (Lipinski definition) is 5. The van der Waals surface area contributed by atoms with Crippen molar-refractivity contribution in [2.24, 2.45) is 5.41 Å². The quantitative estimate of drug-likeness (QED) is 0.167. The zero-order valence-corrected chi connectivity index (χ0v) is 20.8. The summed E-state index contributed by atoms with van der Waals surface area (Å²) in [4.78, 5) is 21.3. The zero-order chi connectivity index (χ0) is 24.1. The number of benzene rings is 1. The molecule has 0 aliphatic rings. The van der Waals surface area contributed by atoms with E-state index >= 15 is 0 Å². The summed E-state index contributed by atoms with van der Waals surface area (Å²) in [5.74, 6) is -3.57. The van der Waals surface area contributed by atoms with E-state index in [-0.39, 0.29) is 21.0 Å². The average molecular weight is 574 g/mol. The zero-order valence-electron chi connectivity index (χ0n) is 17.8. The van der Waals surface area contributed by atoms with Crippen LogP contribution in [0.2, 0.25) is 0 Å². The van der Waals surface area contributed by atoms with Crippen molar-refractivity contribution in [3.8, 4) is 0 Å². The van der Waals surface area contributed by atoms with Crippen LogP contribution in [-0.2, 0) is 19.0 Å². The van der Waals surface area contributed by atoms with Crippen molar-refractivity contribution in [3.63, 3.8) is 0 Å². The monoisotopic (exact) mass is 574 g/mol. The lowest BCUT2D eigenvalue weighted by Gasteiger charge is -2.23. The summed E-state index contributed by atoms with van der Waals surface area (Å²) in [5.41, 5.74) is -0.0138. The molecule has 1 aromatic carbocycles. The van der Waals surface area contributed by atoms with E-state index in [1.54, 1.807) is 18.7 Å². The number of carbonyl (C=O) groups is 2. The molecule has 1 atom stereocenters. The number of rotatable bonds is 10. The van der Waals surface area contributed by atoms with Crippen molar-refractivity contribution in [2.45, 2.75) is 38.8 Å². The van der Waals surface area contributed by atoms with E-state index in [0.29, 0.717) is 0 Å². The van der Waals surface area contributed by atoms with Gasteiger partial charge in [0, 0.05) is 13.2 Å². The lowest BCUT2D eigenvalue weighted by Crippen LogP contribution is -2.28. The molecule has 0 aliphatic heterocycles. The Kier molecular flexibility index (Phi) is 14.2. The first kappa shape index (κ1) is 29.8. The maximum atomic E-state index is 12.3. The summed E-state index contributed by atoms with van der Waals surface area (Å²) in [6.45, 7) is 4.45. The van der Waals surface area contributed by atoms with Crippen LogP contribution in [0.5, 0.6) is 0 Å². The van der Waals surface area contributed by atoms with Gasteiger partial charge in [0.05, 0.1) is 7.11 Å². The Hall–Kier alpha value is -1.21. The largest absolute Gasteiger partial charge is 0.481 e. The molecule has 0 spiro atoms. The summed E-state index contributed by atoms with van der Waals surface area (Å²) in [7, 11) is 3.11. The number of aliphatic carboxylic acids is 1. The van der Waals surface area contributed by atoms with E-state index in [9.17, 15) is 22.8 Å². The Balaban J connectivity index is 0.000000590. The Morgan fingerprint density at radius 2 is 1.81 bits per heavy atom. The number of carboxylic acid groups (broad SMARTS) is 1. The summed E-state index contributed by atoms with van der Waals surface area (Å²) in [5, 5.41) is 8.44. The molecule has 1 unspecified atom stereocenters. The van der Waals surface area contributed by atoms with E-state index in [4.69, 9.17) is 9.76 Å². The predicted octanol–water partition coefficient (Wildman–Crippen LogP) is 5.74. The molecule has 1 rings (SSSR count). The summed E-state index contributed by atoms with van der Waals surface area (Å²) < 4.78 is 46.8. The molecule has 0 bridgehead atoms. The Bertz CT molecular complexity index is 702. The minimum atomic E-state index is -4.76. The normalized spacial score (nSPS) is 12.6. The predicted molar refractivity (Wildman–Crippen MR) is 126 cm³/mol. The Labute approximate surface area is 199 Å². The fourth-order valence-electron chi connectivity index (χ4n) is 2.27. The summed E-state index contributed by atoms with van der Waals surface area (Å²) >= 11 is 4.07. The molecule has 0 saturated carbocycles. The van der Waals surface area contributed by atoms with Gasteiger partial charge in [-0.15, -0.1) is 0 Å². The van der Waals surface area contributed by atoms with E-state index in [1.165, 1.54) is 31.4 Å². The molecular weight excluding hydrogens is 547 g/mol. The molecule has 0 saturated heterocycles. The maximum Gasteiger partial charge on any atom is 0.434 e. The number of ether oxygens (including phenoxy) is 1. The van der Waals surface area contributed by atoms with Gasteiger partial charge in [-0.25, -0.2) is 4.79 Å². The first-order chi connectivity index (χ1) is 14.3. The molecule has 0 aromatic heterocycles. The van der Waals surface area contributed by atoms with Gasteiger partial charge in [-0.1, -0.05) is 72.6 Å². The molecular formula is C20H27BF3IO5S. The molecule has 0 amide bonds. The highest BCUT2D eigenvalue weighted by Crippen LogP contribution is 2.34. The van der Waals surface area contributed by atoms with Gasteiger partial charge in [0.15, 0.2) is 5.92 Å². The molecule has 0 heterocycles. The third kappa shape index (κ3) is 13.7. The molecule has 0 aliphatic carbocycles. The number of allylic oxidation sites excluding steroid dienone is 1. The Morgan fingerprint density at radius 3 is 2.26 bits per heavy atom. The molecule has 1 N–H and O–H groups in total. The summed E-state index contributed by atoms with van der Waals surface area (Å²) in [6.07, 6.45) is 0.533. The van der Waals surface area contributed by atoms with Crippen LogP contribution < -0.4 is 0 Å². The first-order valence-electron chi connectivity index (χ1n) is 9.21. The number of esters is 1. The minimum Gasteiger partial charge on any atom is -0.481 e. The van der Waals surface area contributed by atoms with E-state index in [2.05, 4.69) is 41.0 Å². The van der Waals surface area contributed by atoms with Crippen LogP contribution in [-0.4, -0.2) is 47.2 Å². The van der Waals surface area contributed by atoms with Gasteiger partial charge < -0.3 is 14.5 Å². The van der Waals surface area contributed by atoms with Crippen LogP contribution >= 0.6 is 34.0 Å². The van der Waals surface area contributed by atoms with Crippen molar-refractivity contribution in [3.05, 3.63) is 48.0 Å². The van der Waals surface area contributed by atoms with E-state index in [0.717, 1.165) is 30.7 Å². The van der Waals surface area contributed by atoms with Crippen molar-refractivity contribution >= 4 is 50.0 Å². The second-order valence-corrected chi connectivity index (χ2v) is 10.2. The van der Waals surface area contributed by atoms with Gasteiger partial charge in [0.25, 0.3) is 0 Å². The first-order valence-corrected chi connectivity index (χ1v) is 11.5. The highest BCUT2D eigenvalue weighted by Gasteiger charge is 2.46. The number of halogens is 4. The number of carboxylic acids is 1. The van der Waals surface area contributed by atoms with E-state index in [1.807, 2.05) is 6.08 Å². The second-order valence-electron chi connectivity index (χ2n) is 7.17. The van der Waals surface area contributed by atoms with Crippen molar-refractivity contribution < 1.29 is 37.3 Å². The van der Waals surface area contributed by atoms with Crippen LogP contribution in [0.25, 0.3) is 0 Å². The van der Waals surface area contributed by atoms with Gasteiger partial charge in [-0.05, 0) is 29.6 Å². The van der Waals surface area contributed by atoms with Crippen molar-refractivity contribution in [1.29, 1.82) is 0 Å². The minimum absolute atomic E-state index is 0.206. The Morgan fingerprint density at radius 1 is 1.23 bits per heavy atom. The second kappa shape index (κ2) is 14.8. The number of methoxy groups -OCH3 is 1. The average Bonchev–Trinajstić information content (AvgIpc) is 2.69. The third-order valence-corrected chi connectivity index (χ3v) is 6.93. The van der Waals surface area contributed by atoms with Gasteiger partial charge in [0.1, 0.15) is 0 Å². The van der Waals surface area contributed by atoms with Gasteiger partial charge in [-0.3, -0.25) is 4.79 Å². The van der Waals surface area contributed by atoms with Crippen LogP contribution in [0.4, 0.5) is 13.2 Å². The lowest BCUT2D eigenvalue weighted by atomic mass is 9.90. The molecule has 11 heteroatoms.